The molecule has 3 N–H and O–H groups in total. The van der Waals surface area contributed by atoms with E-state index in [1.165, 1.54) is 23.5 Å². The van der Waals surface area contributed by atoms with Crippen LogP contribution in [-0.2, 0) is 6.54 Å². The van der Waals surface area contributed by atoms with E-state index in [-0.39, 0.29) is 17.2 Å². The van der Waals surface area contributed by atoms with Crippen LogP contribution >= 0.6 is 27.3 Å². The van der Waals surface area contributed by atoms with Gasteiger partial charge in [-0.05, 0) is 47.1 Å². The normalized spacial score (nSPS) is 10.5. The predicted octanol–water partition coefficient (Wildman–Crippen LogP) is 3.47. The van der Waals surface area contributed by atoms with Gasteiger partial charge in [0.2, 0.25) is 0 Å². The summed E-state index contributed by atoms with van der Waals surface area (Å²) in [6.45, 7) is 1.99. The third-order valence-electron chi connectivity index (χ3n) is 2.70. The predicted molar refractivity (Wildman–Crippen MR) is 78.7 cm³/mol. The van der Waals surface area contributed by atoms with Gasteiger partial charge in [-0.15, -0.1) is 11.3 Å². The van der Waals surface area contributed by atoms with Gasteiger partial charge in [0.15, 0.2) is 0 Å². The molecule has 100 valence electrons. The molecule has 0 aliphatic carbocycles. The lowest BCUT2D eigenvalue weighted by Gasteiger charge is -2.07. The molecule has 1 heterocycles. The molecule has 1 aromatic carbocycles. The zero-order valence-corrected chi connectivity index (χ0v) is 12.6. The molecule has 0 fully saturated rings. The Hall–Kier alpha value is -1.40. The van der Waals surface area contributed by atoms with Crippen LogP contribution in [0.5, 0.6) is 0 Å². The first-order chi connectivity index (χ1) is 8.97. The summed E-state index contributed by atoms with van der Waals surface area (Å²) in [4.78, 5) is 12.9. The molecule has 2 aromatic rings. The molecule has 19 heavy (non-hydrogen) atoms. The number of hydrogen-bond donors (Lipinski definition) is 2. The lowest BCUT2D eigenvalue weighted by molar-refractivity contribution is 0.0951. The second kappa shape index (κ2) is 5.71. The van der Waals surface area contributed by atoms with Crippen LogP contribution in [-0.4, -0.2) is 5.91 Å². The average molecular weight is 343 g/mol. The largest absolute Gasteiger partial charge is 0.398 e. The van der Waals surface area contributed by atoms with E-state index in [0.717, 1.165) is 8.66 Å². The Balaban J connectivity index is 2.08. The second-order valence-corrected chi connectivity index (χ2v) is 6.61. The highest BCUT2D eigenvalue weighted by Crippen LogP contribution is 2.22. The number of nitrogens with one attached hydrogen (secondary N) is 1. The molecule has 1 aromatic heterocycles. The first-order valence-electron chi connectivity index (χ1n) is 5.55. The highest BCUT2D eigenvalue weighted by molar-refractivity contribution is 9.11. The Morgan fingerprint density at radius 3 is 2.79 bits per heavy atom. The van der Waals surface area contributed by atoms with Crippen LogP contribution in [0.3, 0.4) is 0 Å². The zero-order chi connectivity index (χ0) is 14.0. The number of carbonyl (C=O) groups excluding carboxylic acids is 1. The topological polar surface area (TPSA) is 55.1 Å². The van der Waals surface area contributed by atoms with Crippen LogP contribution in [0, 0.1) is 12.7 Å². The highest BCUT2D eigenvalue weighted by atomic mass is 79.9. The molecule has 2 rings (SSSR count). The number of rotatable bonds is 3. The number of carbonyl (C=O) groups is 1. The minimum atomic E-state index is -0.469. The molecule has 0 radical (unpaired) electrons. The summed E-state index contributed by atoms with van der Waals surface area (Å²) >= 11 is 4.89. The fourth-order valence-corrected chi connectivity index (χ4v) is 2.97. The summed E-state index contributed by atoms with van der Waals surface area (Å²) in [5.74, 6) is -0.806. The van der Waals surface area contributed by atoms with Gasteiger partial charge in [0.25, 0.3) is 5.91 Å². The summed E-state index contributed by atoms with van der Waals surface area (Å²) < 4.78 is 14.5. The number of hydrogen-bond acceptors (Lipinski definition) is 3. The Morgan fingerprint density at radius 2 is 2.21 bits per heavy atom. The fraction of sp³-hybridized carbons (Fsp3) is 0.154. The summed E-state index contributed by atoms with van der Waals surface area (Å²) in [5, 5.41) is 2.73. The van der Waals surface area contributed by atoms with Crippen LogP contribution in [0.15, 0.2) is 28.1 Å². The SMILES string of the molecule is Cc1c(N)cc(C(=O)NCc2ccc(Br)s2)cc1F. The molecule has 0 bridgehead atoms. The lowest BCUT2D eigenvalue weighted by atomic mass is 10.1. The molecule has 1 amide bonds. The van der Waals surface area contributed by atoms with Gasteiger partial charge >= 0.3 is 0 Å². The van der Waals surface area contributed by atoms with Crippen molar-refractivity contribution in [3.8, 4) is 0 Å². The molecule has 0 unspecified atom stereocenters. The van der Waals surface area contributed by atoms with Crippen molar-refractivity contribution in [2.45, 2.75) is 13.5 Å². The van der Waals surface area contributed by atoms with Crippen molar-refractivity contribution in [2.75, 3.05) is 5.73 Å². The van der Waals surface area contributed by atoms with Crippen molar-refractivity contribution < 1.29 is 9.18 Å². The van der Waals surface area contributed by atoms with Crippen molar-refractivity contribution in [1.82, 2.24) is 5.32 Å². The molecule has 0 saturated heterocycles. The Kier molecular flexibility index (Phi) is 4.21. The van der Waals surface area contributed by atoms with Crippen LogP contribution in [0.4, 0.5) is 10.1 Å². The number of nitrogen functional groups attached to an aromatic ring is 1. The van der Waals surface area contributed by atoms with Gasteiger partial charge in [-0.2, -0.15) is 0 Å². The molecule has 0 aliphatic heterocycles. The number of amides is 1. The Labute approximate surface area is 122 Å². The minimum absolute atomic E-state index is 0.233. The summed E-state index contributed by atoms with van der Waals surface area (Å²) in [7, 11) is 0. The Bertz CT molecular complexity index is 604. The highest BCUT2D eigenvalue weighted by Gasteiger charge is 2.11. The van der Waals surface area contributed by atoms with Gasteiger partial charge in [-0.25, -0.2) is 4.39 Å². The van der Waals surface area contributed by atoms with E-state index < -0.39 is 5.82 Å². The monoisotopic (exact) mass is 342 g/mol. The fourth-order valence-electron chi connectivity index (χ4n) is 1.55. The molecule has 6 heteroatoms. The van der Waals surface area contributed by atoms with E-state index in [4.69, 9.17) is 5.73 Å². The minimum Gasteiger partial charge on any atom is -0.398 e. The maximum absolute atomic E-state index is 13.5. The first kappa shape index (κ1) is 14.0. The molecule has 0 aliphatic rings. The van der Waals surface area contributed by atoms with E-state index in [2.05, 4.69) is 21.2 Å². The maximum Gasteiger partial charge on any atom is 0.251 e. The van der Waals surface area contributed by atoms with E-state index in [1.54, 1.807) is 6.92 Å². The third-order valence-corrected chi connectivity index (χ3v) is 4.32. The van der Waals surface area contributed by atoms with Crippen molar-refractivity contribution in [1.29, 1.82) is 0 Å². The third kappa shape index (κ3) is 3.33. The second-order valence-electron chi connectivity index (χ2n) is 4.06. The number of nitrogens with two attached hydrogens (primary N) is 1. The van der Waals surface area contributed by atoms with Gasteiger partial charge in [-0.1, -0.05) is 0 Å². The summed E-state index contributed by atoms with van der Waals surface area (Å²) in [5.41, 5.74) is 6.52. The average Bonchev–Trinajstić information content (AvgIpc) is 2.78. The Morgan fingerprint density at radius 1 is 1.47 bits per heavy atom. The van der Waals surface area contributed by atoms with Crippen LogP contribution < -0.4 is 11.1 Å². The zero-order valence-electron chi connectivity index (χ0n) is 10.2. The van der Waals surface area contributed by atoms with Crippen molar-refractivity contribution >= 4 is 38.9 Å². The molecule has 3 nitrogen and oxygen atoms in total. The summed E-state index contributed by atoms with van der Waals surface area (Å²) in [6.07, 6.45) is 0. The van der Waals surface area contributed by atoms with Gasteiger partial charge in [0.05, 0.1) is 10.3 Å². The molecule has 0 saturated carbocycles. The van der Waals surface area contributed by atoms with Crippen LogP contribution in [0.1, 0.15) is 20.8 Å². The standard InChI is InChI=1S/C13H12BrFN2OS/c1-7-10(15)4-8(5-11(7)16)13(18)17-6-9-2-3-12(14)19-9/h2-5H,6,16H2,1H3,(H,17,18). The maximum atomic E-state index is 13.5. The number of halogens is 2. The van der Waals surface area contributed by atoms with E-state index in [0.29, 0.717) is 12.1 Å². The van der Waals surface area contributed by atoms with Gasteiger partial charge in [-0.3, -0.25) is 4.79 Å². The molecular formula is C13H12BrFN2OS. The van der Waals surface area contributed by atoms with E-state index in [1.807, 2.05) is 12.1 Å². The van der Waals surface area contributed by atoms with Crippen molar-refractivity contribution in [3.05, 3.63) is 49.9 Å². The lowest BCUT2D eigenvalue weighted by Crippen LogP contribution is -2.22. The number of thiophene rings is 1. The smallest absolute Gasteiger partial charge is 0.251 e. The molecule has 0 atom stereocenters. The quantitative estimate of drug-likeness (QED) is 0.839. The number of anilines is 1. The summed E-state index contributed by atoms with van der Waals surface area (Å²) in [6, 6.07) is 6.51. The van der Waals surface area contributed by atoms with Crippen molar-refractivity contribution in [3.63, 3.8) is 0 Å². The van der Waals surface area contributed by atoms with E-state index in [9.17, 15) is 9.18 Å². The van der Waals surface area contributed by atoms with Gasteiger partial charge < -0.3 is 11.1 Å². The van der Waals surface area contributed by atoms with Gasteiger partial charge in [0, 0.05) is 21.7 Å². The first-order valence-corrected chi connectivity index (χ1v) is 7.16. The van der Waals surface area contributed by atoms with Crippen molar-refractivity contribution in [2.24, 2.45) is 0 Å². The van der Waals surface area contributed by atoms with E-state index >= 15 is 0 Å². The van der Waals surface area contributed by atoms with Gasteiger partial charge in [0.1, 0.15) is 5.82 Å². The number of benzene rings is 1. The molecular weight excluding hydrogens is 331 g/mol. The molecule has 0 spiro atoms. The van der Waals surface area contributed by atoms with Crippen LogP contribution in [0.2, 0.25) is 0 Å². The van der Waals surface area contributed by atoms with Crippen LogP contribution in [0.25, 0.3) is 0 Å².